The lowest BCUT2D eigenvalue weighted by Gasteiger charge is -2.08. The molecule has 3 nitrogen and oxygen atoms in total. The Bertz CT molecular complexity index is 712. The molecule has 0 atom stereocenters. The van der Waals surface area contributed by atoms with Gasteiger partial charge in [0.2, 0.25) is 5.78 Å². The molecule has 1 aromatic heterocycles. The summed E-state index contributed by atoms with van der Waals surface area (Å²) in [4.78, 5) is 12.2. The summed E-state index contributed by atoms with van der Waals surface area (Å²) in [6.07, 6.45) is 0. The number of carbonyl (C=O) groups excluding carboxylic acids is 1. The van der Waals surface area contributed by atoms with Crippen LogP contribution in [-0.4, -0.2) is 17.0 Å². The van der Waals surface area contributed by atoms with Crippen LogP contribution < -0.4 is 4.74 Å². The van der Waals surface area contributed by atoms with Crippen LogP contribution in [0.3, 0.4) is 0 Å². The molecule has 2 aromatic rings. The molecule has 112 valence electrons. The SMILES string of the molecule is Cc1cc(C(=O)COc2cc(F)c(Cl)cc2Br)c(C)n1C. The number of Topliss-reactive ketones (excluding diaryl/α,β-unsaturated/α-hetero) is 1. The Morgan fingerprint density at radius 1 is 1.38 bits per heavy atom. The van der Waals surface area contributed by atoms with E-state index in [9.17, 15) is 9.18 Å². The fraction of sp³-hybridized carbons (Fsp3) is 0.267. The highest BCUT2D eigenvalue weighted by atomic mass is 79.9. The summed E-state index contributed by atoms with van der Waals surface area (Å²) in [5.41, 5.74) is 2.48. The summed E-state index contributed by atoms with van der Waals surface area (Å²) in [6, 6.07) is 4.37. The topological polar surface area (TPSA) is 31.2 Å². The molecular formula is C15H14BrClFNO2. The maximum atomic E-state index is 13.4. The highest BCUT2D eigenvalue weighted by molar-refractivity contribution is 9.10. The number of aryl methyl sites for hydroxylation is 1. The number of benzene rings is 1. The van der Waals surface area contributed by atoms with Crippen LogP contribution in [0.2, 0.25) is 5.02 Å². The van der Waals surface area contributed by atoms with Crippen LogP contribution in [0, 0.1) is 19.7 Å². The molecule has 0 N–H and O–H groups in total. The van der Waals surface area contributed by atoms with E-state index < -0.39 is 5.82 Å². The first-order chi connectivity index (χ1) is 9.81. The Labute approximate surface area is 135 Å². The lowest BCUT2D eigenvalue weighted by atomic mass is 10.1. The Morgan fingerprint density at radius 3 is 2.62 bits per heavy atom. The minimum atomic E-state index is -0.589. The molecule has 0 amide bonds. The Balaban J connectivity index is 2.15. The number of nitrogens with zero attached hydrogens (tertiary/aromatic N) is 1. The normalized spacial score (nSPS) is 10.8. The van der Waals surface area contributed by atoms with Crippen LogP contribution in [0.5, 0.6) is 5.75 Å². The molecule has 2 rings (SSSR count). The maximum Gasteiger partial charge on any atom is 0.202 e. The molecule has 0 aliphatic carbocycles. The first-order valence-corrected chi connectivity index (χ1v) is 7.41. The zero-order valence-corrected chi connectivity index (χ0v) is 14.2. The molecule has 0 radical (unpaired) electrons. The van der Waals surface area contributed by atoms with Crippen molar-refractivity contribution in [3.05, 3.63) is 50.5 Å². The van der Waals surface area contributed by atoms with Gasteiger partial charge in [0, 0.05) is 30.1 Å². The molecule has 0 saturated heterocycles. The van der Waals surface area contributed by atoms with Crippen molar-refractivity contribution in [3.8, 4) is 5.75 Å². The second kappa shape index (κ2) is 6.20. The van der Waals surface area contributed by atoms with Gasteiger partial charge in [-0.1, -0.05) is 11.6 Å². The summed E-state index contributed by atoms with van der Waals surface area (Å²) >= 11 is 8.88. The molecule has 6 heteroatoms. The van der Waals surface area contributed by atoms with Crippen molar-refractivity contribution in [2.24, 2.45) is 7.05 Å². The van der Waals surface area contributed by atoms with Crippen LogP contribution in [-0.2, 0) is 7.05 Å². The van der Waals surface area contributed by atoms with Crippen molar-refractivity contribution in [1.29, 1.82) is 0 Å². The monoisotopic (exact) mass is 373 g/mol. The molecule has 0 bridgehead atoms. The van der Waals surface area contributed by atoms with Gasteiger partial charge < -0.3 is 9.30 Å². The van der Waals surface area contributed by atoms with Crippen molar-refractivity contribution >= 4 is 33.3 Å². The van der Waals surface area contributed by atoms with Crippen molar-refractivity contribution in [1.82, 2.24) is 4.57 Å². The predicted octanol–water partition coefficient (Wildman–Crippen LogP) is 4.46. The van der Waals surface area contributed by atoms with Gasteiger partial charge in [-0.15, -0.1) is 0 Å². The van der Waals surface area contributed by atoms with Crippen LogP contribution in [0.4, 0.5) is 4.39 Å². The second-order valence-corrected chi connectivity index (χ2v) is 6.01. The fourth-order valence-electron chi connectivity index (χ4n) is 1.97. The molecular weight excluding hydrogens is 361 g/mol. The van der Waals surface area contributed by atoms with Crippen LogP contribution in [0.25, 0.3) is 0 Å². The highest BCUT2D eigenvalue weighted by Gasteiger charge is 2.16. The highest BCUT2D eigenvalue weighted by Crippen LogP contribution is 2.30. The van der Waals surface area contributed by atoms with E-state index in [4.69, 9.17) is 16.3 Å². The third-order valence-electron chi connectivity index (χ3n) is 3.41. The number of carbonyl (C=O) groups is 1. The molecule has 0 spiro atoms. The van der Waals surface area contributed by atoms with Crippen molar-refractivity contribution in [3.63, 3.8) is 0 Å². The summed E-state index contributed by atoms with van der Waals surface area (Å²) in [7, 11) is 1.90. The minimum absolute atomic E-state index is 0.00456. The van der Waals surface area contributed by atoms with Gasteiger partial charge in [0.15, 0.2) is 6.61 Å². The molecule has 0 unspecified atom stereocenters. The number of hydrogen-bond acceptors (Lipinski definition) is 2. The molecule has 0 aliphatic heterocycles. The van der Waals surface area contributed by atoms with Crippen molar-refractivity contribution in [2.75, 3.05) is 6.61 Å². The summed E-state index contributed by atoms with van der Waals surface area (Å²) in [5.74, 6) is -0.497. The largest absolute Gasteiger partial charge is 0.484 e. The van der Waals surface area contributed by atoms with E-state index >= 15 is 0 Å². The first kappa shape index (κ1) is 16.0. The van der Waals surface area contributed by atoms with E-state index in [-0.39, 0.29) is 23.2 Å². The van der Waals surface area contributed by atoms with E-state index in [0.717, 1.165) is 17.5 Å². The van der Waals surface area contributed by atoms with E-state index in [1.165, 1.54) is 6.07 Å². The molecule has 0 saturated carbocycles. The molecule has 1 heterocycles. The number of rotatable bonds is 4. The second-order valence-electron chi connectivity index (χ2n) is 4.75. The molecule has 21 heavy (non-hydrogen) atoms. The smallest absolute Gasteiger partial charge is 0.202 e. The zero-order chi connectivity index (χ0) is 15.7. The molecule has 1 aromatic carbocycles. The maximum absolute atomic E-state index is 13.4. The van der Waals surface area contributed by atoms with Gasteiger partial charge in [-0.05, 0) is 41.9 Å². The van der Waals surface area contributed by atoms with E-state index in [1.54, 1.807) is 0 Å². The summed E-state index contributed by atoms with van der Waals surface area (Å²) in [6.45, 7) is 3.64. The third kappa shape index (κ3) is 3.30. The average Bonchev–Trinajstić information content (AvgIpc) is 2.69. The molecule has 0 aliphatic rings. The predicted molar refractivity (Wildman–Crippen MR) is 83.8 cm³/mol. The van der Waals surface area contributed by atoms with Crippen LogP contribution in [0.15, 0.2) is 22.7 Å². The van der Waals surface area contributed by atoms with Gasteiger partial charge >= 0.3 is 0 Å². The zero-order valence-electron chi connectivity index (χ0n) is 11.8. The van der Waals surface area contributed by atoms with E-state index in [0.29, 0.717) is 10.0 Å². The minimum Gasteiger partial charge on any atom is -0.484 e. The fourth-order valence-corrected chi connectivity index (χ4v) is 2.73. The van der Waals surface area contributed by atoms with Gasteiger partial charge in [-0.25, -0.2) is 4.39 Å². The lowest BCUT2D eigenvalue weighted by molar-refractivity contribution is 0.0920. The Kier molecular flexibility index (Phi) is 4.74. The van der Waals surface area contributed by atoms with Crippen molar-refractivity contribution in [2.45, 2.75) is 13.8 Å². The van der Waals surface area contributed by atoms with Crippen molar-refractivity contribution < 1.29 is 13.9 Å². The lowest BCUT2D eigenvalue weighted by Crippen LogP contribution is -2.13. The Hall–Kier alpha value is -1.33. The quantitative estimate of drug-likeness (QED) is 0.584. The Morgan fingerprint density at radius 2 is 2.05 bits per heavy atom. The van der Waals surface area contributed by atoms with Crippen LogP contribution >= 0.6 is 27.5 Å². The average molecular weight is 375 g/mol. The third-order valence-corrected chi connectivity index (χ3v) is 4.32. The van der Waals surface area contributed by atoms with Gasteiger partial charge in [-0.3, -0.25) is 4.79 Å². The van der Waals surface area contributed by atoms with Gasteiger partial charge in [0.25, 0.3) is 0 Å². The summed E-state index contributed by atoms with van der Waals surface area (Å²) < 4.78 is 21.2. The number of aromatic nitrogens is 1. The number of ketones is 1. The summed E-state index contributed by atoms with van der Waals surface area (Å²) in [5, 5.41) is -0.00456. The van der Waals surface area contributed by atoms with E-state index in [2.05, 4.69) is 15.9 Å². The first-order valence-electron chi connectivity index (χ1n) is 6.24. The van der Waals surface area contributed by atoms with Gasteiger partial charge in [0.1, 0.15) is 11.6 Å². The number of ether oxygens (including phenoxy) is 1. The van der Waals surface area contributed by atoms with E-state index in [1.807, 2.05) is 31.5 Å². The van der Waals surface area contributed by atoms with Gasteiger partial charge in [0.05, 0.1) is 9.50 Å². The van der Waals surface area contributed by atoms with Gasteiger partial charge in [-0.2, -0.15) is 0 Å². The standard InChI is InChI=1S/C15H14BrClFNO2/c1-8-4-10(9(2)19(8)3)14(20)7-21-15-6-13(18)12(17)5-11(15)16/h4-6H,7H2,1-3H3. The molecule has 0 fully saturated rings. The number of halogens is 3. The number of hydrogen-bond donors (Lipinski definition) is 0. The van der Waals surface area contributed by atoms with Crippen LogP contribution in [0.1, 0.15) is 21.7 Å².